The lowest BCUT2D eigenvalue weighted by Crippen LogP contribution is -2.27. The third kappa shape index (κ3) is 3.17. The first kappa shape index (κ1) is 14.1. The first-order valence-electron chi connectivity index (χ1n) is 6.62. The van der Waals surface area contributed by atoms with Gasteiger partial charge in [-0.05, 0) is 26.0 Å². The van der Waals surface area contributed by atoms with Crippen LogP contribution in [0, 0.1) is 6.92 Å². The fourth-order valence-corrected chi connectivity index (χ4v) is 2.03. The molecule has 0 fully saturated rings. The SMILES string of the molecule is CCNc1ccccc1C(=O)N(C)Cc1cc(C)on1. The maximum atomic E-state index is 12.5. The Morgan fingerprint density at radius 2 is 2.15 bits per heavy atom. The molecule has 0 aliphatic carbocycles. The summed E-state index contributed by atoms with van der Waals surface area (Å²) in [6.45, 7) is 5.04. The van der Waals surface area contributed by atoms with Gasteiger partial charge in [0.15, 0.2) is 0 Å². The van der Waals surface area contributed by atoms with Crippen LogP contribution in [-0.2, 0) is 6.54 Å². The van der Waals surface area contributed by atoms with E-state index in [1.165, 1.54) is 0 Å². The van der Waals surface area contributed by atoms with Crippen molar-refractivity contribution in [1.82, 2.24) is 10.1 Å². The largest absolute Gasteiger partial charge is 0.385 e. The van der Waals surface area contributed by atoms with Crippen molar-refractivity contribution in [3.8, 4) is 0 Å². The van der Waals surface area contributed by atoms with Crippen molar-refractivity contribution in [2.24, 2.45) is 0 Å². The molecular formula is C15H19N3O2. The van der Waals surface area contributed by atoms with Gasteiger partial charge in [-0.25, -0.2) is 0 Å². The Morgan fingerprint density at radius 1 is 1.40 bits per heavy atom. The predicted molar refractivity (Wildman–Crippen MR) is 77.6 cm³/mol. The van der Waals surface area contributed by atoms with Crippen LogP contribution in [-0.4, -0.2) is 29.6 Å². The van der Waals surface area contributed by atoms with E-state index in [1.807, 2.05) is 44.2 Å². The zero-order chi connectivity index (χ0) is 14.5. The van der Waals surface area contributed by atoms with Gasteiger partial charge in [-0.3, -0.25) is 4.79 Å². The van der Waals surface area contributed by atoms with Gasteiger partial charge in [0, 0.05) is 25.3 Å². The number of hydrogen-bond donors (Lipinski definition) is 1. The Morgan fingerprint density at radius 3 is 2.80 bits per heavy atom. The molecule has 2 rings (SSSR count). The minimum absolute atomic E-state index is 0.0396. The second-order valence-corrected chi connectivity index (χ2v) is 4.67. The van der Waals surface area contributed by atoms with Crippen LogP contribution in [0.25, 0.3) is 0 Å². The molecule has 5 heteroatoms. The molecule has 1 aromatic carbocycles. The zero-order valence-corrected chi connectivity index (χ0v) is 12.0. The smallest absolute Gasteiger partial charge is 0.256 e. The van der Waals surface area contributed by atoms with Crippen molar-refractivity contribution in [3.63, 3.8) is 0 Å². The lowest BCUT2D eigenvalue weighted by Gasteiger charge is -2.18. The normalized spacial score (nSPS) is 10.3. The fourth-order valence-electron chi connectivity index (χ4n) is 2.03. The molecule has 0 saturated carbocycles. The zero-order valence-electron chi connectivity index (χ0n) is 12.0. The molecule has 0 atom stereocenters. The van der Waals surface area contributed by atoms with Gasteiger partial charge in [0.05, 0.1) is 12.1 Å². The number of para-hydroxylation sites is 1. The summed E-state index contributed by atoms with van der Waals surface area (Å²) in [6.07, 6.45) is 0. The number of rotatable bonds is 5. The summed E-state index contributed by atoms with van der Waals surface area (Å²) < 4.78 is 5.01. The highest BCUT2D eigenvalue weighted by Gasteiger charge is 2.16. The van der Waals surface area contributed by atoms with E-state index in [1.54, 1.807) is 11.9 Å². The summed E-state index contributed by atoms with van der Waals surface area (Å²) in [4.78, 5) is 14.1. The molecule has 0 radical (unpaired) electrons. The lowest BCUT2D eigenvalue weighted by molar-refractivity contribution is 0.0783. The molecule has 1 heterocycles. The minimum atomic E-state index is -0.0396. The standard InChI is InChI=1S/C15H19N3O2/c1-4-16-14-8-6-5-7-13(14)15(19)18(3)10-12-9-11(2)20-17-12/h5-9,16H,4,10H2,1-3H3. The van der Waals surface area contributed by atoms with Gasteiger partial charge in [0.25, 0.3) is 5.91 Å². The maximum Gasteiger partial charge on any atom is 0.256 e. The van der Waals surface area contributed by atoms with Gasteiger partial charge < -0.3 is 14.7 Å². The predicted octanol–water partition coefficient (Wildman–Crippen LogP) is 2.69. The third-order valence-corrected chi connectivity index (χ3v) is 2.95. The van der Waals surface area contributed by atoms with Crippen LogP contribution >= 0.6 is 0 Å². The Kier molecular flexibility index (Phi) is 4.40. The summed E-state index contributed by atoms with van der Waals surface area (Å²) in [7, 11) is 1.76. The first-order valence-corrected chi connectivity index (χ1v) is 6.62. The van der Waals surface area contributed by atoms with Crippen molar-refractivity contribution in [2.75, 3.05) is 18.9 Å². The lowest BCUT2D eigenvalue weighted by atomic mass is 10.1. The number of nitrogens with zero attached hydrogens (tertiary/aromatic N) is 2. The molecule has 0 spiro atoms. The molecule has 1 aromatic heterocycles. The van der Waals surface area contributed by atoms with E-state index in [2.05, 4.69) is 10.5 Å². The number of benzene rings is 1. The number of aryl methyl sites for hydroxylation is 1. The molecule has 0 aliphatic rings. The Hall–Kier alpha value is -2.30. The van der Waals surface area contributed by atoms with Crippen LogP contribution in [0.15, 0.2) is 34.9 Å². The van der Waals surface area contributed by atoms with Crippen molar-refractivity contribution >= 4 is 11.6 Å². The number of aromatic nitrogens is 1. The number of carbonyl (C=O) groups is 1. The second kappa shape index (κ2) is 6.23. The quantitative estimate of drug-likeness (QED) is 0.910. The highest BCUT2D eigenvalue weighted by molar-refractivity contribution is 5.99. The number of anilines is 1. The average molecular weight is 273 g/mol. The van der Waals surface area contributed by atoms with Crippen molar-refractivity contribution < 1.29 is 9.32 Å². The Labute approximate surface area is 118 Å². The summed E-state index contributed by atoms with van der Waals surface area (Å²) >= 11 is 0. The summed E-state index contributed by atoms with van der Waals surface area (Å²) in [5.74, 6) is 0.705. The maximum absolute atomic E-state index is 12.5. The Balaban J connectivity index is 2.14. The highest BCUT2D eigenvalue weighted by Crippen LogP contribution is 2.17. The fraction of sp³-hybridized carbons (Fsp3) is 0.333. The second-order valence-electron chi connectivity index (χ2n) is 4.67. The van der Waals surface area contributed by atoms with Gasteiger partial charge >= 0.3 is 0 Å². The van der Waals surface area contributed by atoms with Crippen molar-refractivity contribution in [3.05, 3.63) is 47.3 Å². The first-order chi connectivity index (χ1) is 9.61. The van der Waals surface area contributed by atoms with Gasteiger partial charge in [-0.2, -0.15) is 0 Å². The van der Waals surface area contributed by atoms with E-state index in [9.17, 15) is 4.79 Å². The number of carbonyl (C=O) groups excluding carboxylic acids is 1. The minimum Gasteiger partial charge on any atom is -0.385 e. The van der Waals surface area contributed by atoms with Gasteiger partial charge in [0.2, 0.25) is 0 Å². The number of nitrogens with one attached hydrogen (secondary N) is 1. The molecule has 106 valence electrons. The topological polar surface area (TPSA) is 58.4 Å². The van der Waals surface area contributed by atoms with E-state index < -0.39 is 0 Å². The monoisotopic (exact) mass is 273 g/mol. The number of hydrogen-bond acceptors (Lipinski definition) is 4. The third-order valence-electron chi connectivity index (χ3n) is 2.95. The molecule has 2 aromatic rings. The van der Waals surface area contributed by atoms with E-state index in [-0.39, 0.29) is 5.91 Å². The average Bonchev–Trinajstić information content (AvgIpc) is 2.84. The van der Waals surface area contributed by atoms with Crippen LogP contribution in [0.3, 0.4) is 0 Å². The van der Waals surface area contributed by atoms with Crippen LogP contribution in [0.5, 0.6) is 0 Å². The summed E-state index contributed by atoms with van der Waals surface area (Å²) in [5.41, 5.74) is 2.26. The van der Waals surface area contributed by atoms with Crippen LogP contribution in [0.2, 0.25) is 0 Å². The number of amides is 1. The molecule has 0 aliphatic heterocycles. The Bertz CT molecular complexity index is 592. The van der Waals surface area contributed by atoms with Crippen molar-refractivity contribution in [1.29, 1.82) is 0 Å². The van der Waals surface area contributed by atoms with E-state index >= 15 is 0 Å². The molecule has 0 bridgehead atoms. The van der Waals surface area contributed by atoms with Gasteiger partial charge in [-0.15, -0.1) is 0 Å². The highest BCUT2D eigenvalue weighted by atomic mass is 16.5. The summed E-state index contributed by atoms with van der Waals surface area (Å²) in [6, 6.07) is 9.34. The summed E-state index contributed by atoms with van der Waals surface area (Å²) in [5, 5.41) is 7.10. The van der Waals surface area contributed by atoms with Gasteiger partial charge in [-0.1, -0.05) is 17.3 Å². The van der Waals surface area contributed by atoms with E-state index in [0.29, 0.717) is 12.1 Å². The van der Waals surface area contributed by atoms with E-state index in [0.717, 1.165) is 23.7 Å². The van der Waals surface area contributed by atoms with Crippen LogP contribution < -0.4 is 5.32 Å². The molecule has 0 unspecified atom stereocenters. The molecule has 1 amide bonds. The molecule has 5 nitrogen and oxygen atoms in total. The molecule has 1 N–H and O–H groups in total. The van der Waals surface area contributed by atoms with Gasteiger partial charge in [0.1, 0.15) is 11.5 Å². The van der Waals surface area contributed by atoms with Crippen LogP contribution in [0.1, 0.15) is 28.7 Å². The van der Waals surface area contributed by atoms with Crippen molar-refractivity contribution in [2.45, 2.75) is 20.4 Å². The molecular weight excluding hydrogens is 254 g/mol. The van der Waals surface area contributed by atoms with Crippen LogP contribution in [0.4, 0.5) is 5.69 Å². The molecule has 20 heavy (non-hydrogen) atoms. The van der Waals surface area contributed by atoms with E-state index in [4.69, 9.17) is 4.52 Å². The molecule has 0 saturated heterocycles.